The molecule has 1 heterocycles. The Kier molecular flexibility index (Phi) is 4.32. The predicted octanol–water partition coefficient (Wildman–Crippen LogP) is 3.96. The van der Waals surface area contributed by atoms with Crippen LogP contribution in [0, 0.1) is 13.8 Å². The first kappa shape index (κ1) is 13.7. The van der Waals surface area contributed by atoms with Gasteiger partial charge in [0.2, 0.25) is 0 Å². The second kappa shape index (κ2) is 5.97. The van der Waals surface area contributed by atoms with Gasteiger partial charge in [0.25, 0.3) is 0 Å². The third-order valence-electron chi connectivity index (χ3n) is 2.88. The third kappa shape index (κ3) is 3.20. The lowest BCUT2D eigenvalue weighted by atomic mass is 10.2. The van der Waals surface area contributed by atoms with E-state index in [0.717, 1.165) is 28.5 Å². The molecule has 0 aliphatic rings. The zero-order chi connectivity index (χ0) is 13.8. The molecule has 1 N–H and O–H groups in total. The zero-order valence-corrected chi connectivity index (χ0v) is 12.0. The van der Waals surface area contributed by atoms with Crippen LogP contribution in [0.4, 0.5) is 5.69 Å². The van der Waals surface area contributed by atoms with Gasteiger partial charge in [-0.25, -0.2) is 0 Å². The molecule has 0 amide bonds. The van der Waals surface area contributed by atoms with Crippen LogP contribution < -0.4 is 10.1 Å². The first-order chi connectivity index (χ1) is 9.11. The van der Waals surface area contributed by atoms with Gasteiger partial charge in [0.05, 0.1) is 18.0 Å². The van der Waals surface area contributed by atoms with E-state index in [1.807, 2.05) is 39.0 Å². The van der Waals surface area contributed by atoms with E-state index in [2.05, 4.69) is 10.5 Å². The summed E-state index contributed by atoms with van der Waals surface area (Å²) in [6, 6.07) is 5.53. The van der Waals surface area contributed by atoms with Crippen LogP contribution in [0.1, 0.15) is 23.9 Å². The van der Waals surface area contributed by atoms with Crippen molar-refractivity contribution in [2.75, 3.05) is 11.9 Å². The molecule has 2 aromatic rings. The second-order valence-electron chi connectivity index (χ2n) is 4.23. The molecule has 2 rings (SSSR count). The van der Waals surface area contributed by atoms with E-state index in [1.54, 1.807) is 0 Å². The average molecular weight is 281 g/mol. The quantitative estimate of drug-likeness (QED) is 0.901. The molecule has 0 atom stereocenters. The van der Waals surface area contributed by atoms with Crippen molar-refractivity contribution in [3.8, 4) is 5.75 Å². The predicted molar refractivity (Wildman–Crippen MR) is 75.9 cm³/mol. The molecular formula is C14H17ClN2O2. The minimum absolute atomic E-state index is 0.613. The number of aryl methyl sites for hydroxylation is 2. The molecule has 0 unspecified atom stereocenters. The van der Waals surface area contributed by atoms with Gasteiger partial charge < -0.3 is 14.6 Å². The van der Waals surface area contributed by atoms with E-state index in [0.29, 0.717) is 18.2 Å². The molecule has 1 aromatic carbocycles. The third-order valence-corrected chi connectivity index (χ3v) is 3.11. The summed E-state index contributed by atoms with van der Waals surface area (Å²) in [5.41, 5.74) is 2.82. The maximum atomic E-state index is 6.01. The fourth-order valence-corrected chi connectivity index (χ4v) is 2.03. The number of hydrogen-bond acceptors (Lipinski definition) is 4. The Morgan fingerprint density at radius 1 is 1.37 bits per heavy atom. The van der Waals surface area contributed by atoms with E-state index in [-0.39, 0.29) is 0 Å². The van der Waals surface area contributed by atoms with Gasteiger partial charge in [0, 0.05) is 17.1 Å². The van der Waals surface area contributed by atoms with Crippen molar-refractivity contribution in [1.29, 1.82) is 0 Å². The highest BCUT2D eigenvalue weighted by Crippen LogP contribution is 2.29. The molecule has 0 bridgehead atoms. The van der Waals surface area contributed by atoms with E-state index in [9.17, 15) is 0 Å². The highest BCUT2D eigenvalue weighted by molar-refractivity contribution is 6.30. The first-order valence-electron chi connectivity index (χ1n) is 6.19. The summed E-state index contributed by atoms with van der Waals surface area (Å²) >= 11 is 6.01. The Labute approximate surface area is 117 Å². The molecular weight excluding hydrogens is 264 g/mol. The number of nitrogens with zero attached hydrogens (tertiary/aromatic N) is 1. The van der Waals surface area contributed by atoms with Crippen LogP contribution in [0.3, 0.4) is 0 Å². The fraction of sp³-hybridized carbons (Fsp3) is 0.357. The van der Waals surface area contributed by atoms with Crippen LogP contribution in [0.15, 0.2) is 22.7 Å². The topological polar surface area (TPSA) is 47.3 Å². The largest absolute Gasteiger partial charge is 0.492 e. The Bertz CT molecular complexity index is 547. The number of hydrogen-bond donors (Lipinski definition) is 1. The van der Waals surface area contributed by atoms with Crippen molar-refractivity contribution >= 4 is 17.3 Å². The highest BCUT2D eigenvalue weighted by atomic mass is 35.5. The maximum absolute atomic E-state index is 6.01. The average Bonchev–Trinajstić information content (AvgIpc) is 2.70. The Hall–Kier alpha value is -1.68. The smallest absolute Gasteiger partial charge is 0.142 e. The Morgan fingerprint density at radius 2 is 2.16 bits per heavy atom. The summed E-state index contributed by atoms with van der Waals surface area (Å²) in [7, 11) is 0. The highest BCUT2D eigenvalue weighted by Gasteiger charge is 2.10. The molecule has 5 heteroatoms. The van der Waals surface area contributed by atoms with Crippen LogP contribution in [-0.2, 0) is 6.54 Å². The van der Waals surface area contributed by atoms with E-state index in [4.69, 9.17) is 20.9 Å². The molecule has 0 aliphatic heterocycles. The molecule has 0 radical (unpaired) electrons. The summed E-state index contributed by atoms with van der Waals surface area (Å²) < 4.78 is 10.7. The fourth-order valence-electron chi connectivity index (χ4n) is 1.86. The van der Waals surface area contributed by atoms with Gasteiger partial charge in [0.1, 0.15) is 11.5 Å². The SMILES string of the molecule is CCOc1ccc(Cl)cc1NCc1c(C)noc1C. The number of halogens is 1. The lowest BCUT2D eigenvalue weighted by Gasteiger charge is -2.12. The molecule has 1 aromatic heterocycles. The van der Waals surface area contributed by atoms with Crippen LogP contribution >= 0.6 is 11.6 Å². The molecule has 0 aliphatic carbocycles. The molecule has 19 heavy (non-hydrogen) atoms. The van der Waals surface area contributed by atoms with Crippen molar-refractivity contribution in [1.82, 2.24) is 5.16 Å². The van der Waals surface area contributed by atoms with Crippen molar-refractivity contribution < 1.29 is 9.26 Å². The van der Waals surface area contributed by atoms with Crippen LogP contribution in [0.2, 0.25) is 5.02 Å². The first-order valence-corrected chi connectivity index (χ1v) is 6.57. The van der Waals surface area contributed by atoms with Crippen LogP contribution in [-0.4, -0.2) is 11.8 Å². The molecule has 4 nitrogen and oxygen atoms in total. The number of aromatic nitrogens is 1. The summed E-state index contributed by atoms with van der Waals surface area (Å²) in [5.74, 6) is 1.61. The number of anilines is 1. The van der Waals surface area contributed by atoms with E-state index < -0.39 is 0 Å². The lowest BCUT2D eigenvalue weighted by Crippen LogP contribution is -2.04. The van der Waals surface area contributed by atoms with Gasteiger partial charge in [-0.15, -0.1) is 0 Å². The van der Waals surface area contributed by atoms with Crippen molar-refractivity contribution in [2.45, 2.75) is 27.3 Å². The van der Waals surface area contributed by atoms with Gasteiger partial charge in [-0.2, -0.15) is 0 Å². The summed E-state index contributed by atoms with van der Waals surface area (Å²) in [5, 5.41) is 7.92. The molecule has 0 fully saturated rings. The zero-order valence-electron chi connectivity index (χ0n) is 11.3. The van der Waals surface area contributed by atoms with Gasteiger partial charge in [-0.05, 0) is 39.0 Å². The van der Waals surface area contributed by atoms with Crippen LogP contribution in [0.5, 0.6) is 5.75 Å². The summed E-state index contributed by atoms with van der Waals surface area (Å²) in [6.45, 7) is 7.02. The van der Waals surface area contributed by atoms with Gasteiger partial charge in [0.15, 0.2) is 0 Å². The molecule has 0 saturated heterocycles. The molecule has 0 saturated carbocycles. The van der Waals surface area contributed by atoms with Crippen molar-refractivity contribution in [3.05, 3.63) is 40.2 Å². The number of rotatable bonds is 5. The Balaban J connectivity index is 2.16. The Morgan fingerprint density at radius 3 is 2.79 bits per heavy atom. The normalized spacial score (nSPS) is 10.5. The van der Waals surface area contributed by atoms with Crippen LogP contribution in [0.25, 0.3) is 0 Å². The number of ether oxygens (including phenoxy) is 1. The van der Waals surface area contributed by atoms with Gasteiger partial charge in [-0.1, -0.05) is 16.8 Å². The van der Waals surface area contributed by atoms with Crippen molar-refractivity contribution in [2.24, 2.45) is 0 Å². The summed E-state index contributed by atoms with van der Waals surface area (Å²) in [6.07, 6.45) is 0. The number of nitrogens with one attached hydrogen (secondary N) is 1. The standard InChI is InChI=1S/C14H17ClN2O2/c1-4-18-14-6-5-11(15)7-13(14)16-8-12-9(2)17-19-10(12)3/h5-7,16H,4,8H2,1-3H3. The minimum Gasteiger partial charge on any atom is -0.492 e. The molecule has 102 valence electrons. The van der Waals surface area contributed by atoms with E-state index >= 15 is 0 Å². The van der Waals surface area contributed by atoms with E-state index in [1.165, 1.54) is 0 Å². The lowest BCUT2D eigenvalue weighted by molar-refractivity contribution is 0.341. The number of benzene rings is 1. The minimum atomic E-state index is 0.613. The monoisotopic (exact) mass is 280 g/mol. The summed E-state index contributed by atoms with van der Waals surface area (Å²) in [4.78, 5) is 0. The van der Waals surface area contributed by atoms with Crippen molar-refractivity contribution in [3.63, 3.8) is 0 Å². The van der Waals surface area contributed by atoms with Gasteiger partial charge >= 0.3 is 0 Å². The second-order valence-corrected chi connectivity index (χ2v) is 4.67. The van der Waals surface area contributed by atoms with Gasteiger partial charge in [-0.3, -0.25) is 0 Å². The maximum Gasteiger partial charge on any atom is 0.142 e. The molecule has 0 spiro atoms.